The van der Waals surface area contributed by atoms with Crippen LogP contribution in [0.15, 0.2) is 36.4 Å². The molecule has 1 aromatic carbocycles. The summed E-state index contributed by atoms with van der Waals surface area (Å²) in [6, 6.07) is 11.4. The molecule has 1 saturated heterocycles. The van der Waals surface area contributed by atoms with Crippen LogP contribution in [-0.4, -0.2) is 35.4 Å². The molecule has 0 saturated carbocycles. The summed E-state index contributed by atoms with van der Waals surface area (Å²) in [6.07, 6.45) is 1.70. The number of nitrogens with one attached hydrogen (secondary N) is 3. The molecule has 178 valence electrons. The first-order valence-corrected chi connectivity index (χ1v) is 11.7. The highest BCUT2D eigenvalue weighted by molar-refractivity contribution is 5.89. The molecule has 2 heterocycles. The van der Waals surface area contributed by atoms with Crippen LogP contribution in [0.4, 0.5) is 5.82 Å². The SMILES string of the molecule is Cc1nc(N)ccc1CNC(=O)C(C)NC(=O)[C@H]1C[C@H](Cc2ccc(C(C)(C)C)cc2)CN1. The van der Waals surface area contributed by atoms with Crippen LogP contribution in [0.3, 0.4) is 0 Å². The molecule has 1 aliphatic rings. The molecular weight excluding hydrogens is 414 g/mol. The summed E-state index contributed by atoms with van der Waals surface area (Å²) in [7, 11) is 0. The summed E-state index contributed by atoms with van der Waals surface area (Å²) in [5.74, 6) is 0.487. The zero-order chi connectivity index (χ0) is 24.2. The highest BCUT2D eigenvalue weighted by Gasteiger charge is 2.31. The minimum atomic E-state index is -0.620. The van der Waals surface area contributed by atoms with Gasteiger partial charge in [-0.2, -0.15) is 0 Å². The molecule has 3 atom stereocenters. The van der Waals surface area contributed by atoms with Crippen LogP contribution in [-0.2, 0) is 28.0 Å². The van der Waals surface area contributed by atoms with Crippen molar-refractivity contribution in [2.24, 2.45) is 5.92 Å². The van der Waals surface area contributed by atoms with Gasteiger partial charge in [-0.3, -0.25) is 9.59 Å². The van der Waals surface area contributed by atoms with Crippen molar-refractivity contribution >= 4 is 17.6 Å². The Morgan fingerprint density at radius 1 is 1.18 bits per heavy atom. The predicted octanol–water partition coefficient (Wildman–Crippen LogP) is 2.61. The Morgan fingerprint density at radius 3 is 2.52 bits per heavy atom. The normalized spacial score (nSPS) is 19.2. The number of nitrogens with zero attached hydrogens (tertiary/aromatic N) is 1. The number of pyridine rings is 1. The first kappa shape index (κ1) is 24.7. The summed E-state index contributed by atoms with van der Waals surface area (Å²) in [5, 5.41) is 9.01. The van der Waals surface area contributed by atoms with Gasteiger partial charge in [-0.25, -0.2) is 4.98 Å². The summed E-state index contributed by atoms with van der Waals surface area (Å²) in [5.41, 5.74) is 10.1. The highest BCUT2D eigenvalue weighted by Crippen LogP contribution is 2.24. The van der Waals surface area contributed by atoms with E-state index < -0.39 is 6.04 Å². The van der Waals surface area contributed by atoms with Crippen molar-refractivity contribution in [3.8, 4) is 0 Å². The number of hydrogen-bond donors (Lipinski definition) is 4. The second kappa shape index (κ2) is 10.3. The minimum absolute atomic E-state index is 0.131. The van der Waals surface area contributed by atoms with Gasteiger partial charge in [0.15, 0.2) is 0 Å². The lowest BCUT2D eigenvalue weighted by Gasteiger charge is -2.19. The van der Waals surface area contributed by atoms with E-state index in [4.69, 9.17) is 5.73 Å². The molecule has 5 N–H and O–H groups in total. The smallest absolute Gasteiger partial charge is 0.242 e. The number of carbonyl (C=O) groups excluding carboxylic acids is 2. The minimum Gasteiger partial charge on any atom is -0.384 e. The van der Waals surface area contributed by atoms with Gasteiger partial charge in [0, 0.05) is 12.2 Å². The van der Waals surface area contributed by atoms with E-state index in [0.29, 0.717) is 18.3 Å². The molecule has 0 aliphatic carbocycles. The third-order valence-corrected chi connectivity index (χ3v) is 6.30. The number of nitrogen functional groups attached to an aromatic ring is 1. The number of carbonyl (C=O) groups is 2. The van der Waals surface area contributed by atoms with Crippen molar-refractivity contribution in [1.82, 2.24) is 20.9 Å². The number of aromatic nitrogens is 1. The van der Waals surface area contributed by atoms with E-state index in [0.717, 1.165) is 30.6 Å². The molecule has 1 unspecified atom stereocenters. The van der Waals surface area contributed by atoms with Crippen molar-refractivity contribution in [2.75, 3.05) is 12.3 Å². The van der Waals surface area contributed by atoms with E-state index in [1.807, 2.05) is 13.0 Å². The van der Waals surface area contributed by atoms with E-state index in [2.05, 4.69) is 66.0 Å². The van der Waals surface area contributed by atoms with Crippen molar-refractivity contribution in [3.63, 3.8) is 0 Å². The van der Waals surface area contributed by atoms with Crippen LogP contribution in [0.1, 0.15) is 56.5 Å². The number of rotatable bonds is 7. The lowest BCUT2D eigenvalue weighted by molar-refractivity contribution is -0.129. The van der Waals surface area contributed by atoms with Crippen LogP contribution in [0.5, 0.6) is 0 Å². The second-order valence-electron chi connectivity index (χ2n) is 10.1. The van der Waals surface area contributed by atoms with Gasteiger partial charge in [0.1, 0.15) is 11.9 Å². The Labute approximate surface area is 196 Å². The van der Waals surface area contributed by atoms with Crippen LogP contribution < -0.4 is 21.7 Å². The Morgan fingerprint density at radius 2 is 1.88 bits per heavy atom. The first-order valence-electron chi connectivity index (χ1n) is 11.7. The number of hydrogen-bond acceptors (Lipinski definition) is 5. The zero-order valence-electron chi connectivity index (χ0n) is 20.4. The molecule has 7 heteroatoms. The van der Waals surface area contributed by atoms with Gasteiger partial charge in [0.05, 0.1) is 6.04 Å². The standard InChI is InChI=1S/C26H37N5O2/c1-16-20(8-11-23(27)30-16)15-29-24(32)17(2)31-25(33)22-13-19(14-28-22)12-18-6-9-21(10-7-18)26(3,4)5/h6-11,17,19,22,28H,12-15H2,1-5H3,(H2,27,30)(H,29,32)(H,31,33)/t17?,19-,22+/m0/s1. The van der Waals surface area contributed by atoms with E-state index >= 15 is 0 Å². The number of amides is 2. The summed E-state index contributed by atoms with van der Waals surface area (Å²) >= 11 is 0. The fourth-order valence-corrected chi connectivity index (χ4v) is 4.15. The van der Waals surface area contributed by atoms with Crippen molar-refractivity contribution in [1.29, 1.82) is 0 Å². The molecule has 2 amide bonds. The van der Waals surface area contributed by atoms with Crippen molar-refractivity contribution in [3.05, 3.63) is 58.8 Å². The Hall–Kier alpha value is -2.93. The van der Waals surface area contributed by atoms with Gasteiger partial charge >= 0.3 is 0 Å². The lowest BCUT2D eigenvalue weighted by Crippen LogP contribution is -2.50. The van der Waals surface area contributed by atoms with Crippen molar-refractivity contribution in [2.45, 2.75) is 71.5 Å². The van der Waals surface area contributed by atoms with Gasteiger partial charge in [-0.15, -0.1) is 0 Å². The molecule has 1 aromatic heterocycles. The number of aryl methyl sites for hydroxylation is 1. The summed E-state index contributed by atoms with van der Waals surface area (Å²) in [4.78, 5) is 29.4. The maximum atomic E-state index is 12.7. The number of nitrogens with two attached hydrogens (primary N) is 1. The van der Waals surface area contributed by atoms with Gasteiger partial charge in [-0.1, -0.05) is 51.1 Å². The van der Waals surface area contributed by atoms with Gasteiger partial charge in [-0.05, 0) is 67.3 Å². The molecule has 1 aliphatic heterocycles. The van der Waals surface area contributed by atoms with Crippen LogP contribution in [0.2, 0.25) is 0 Å². The predicted molar refractivity (Wildman–Crippen MR) is 132 cm³/mol. The molecule has 33 heavy (non-hydrogen) atoms. The maximum Gasteiger partial charge on any atom is 0.242 e. The summed E-state index contributed by atoms with van der Waals surface area (Å²) < 4.78 is 0. The molecule has 0 bridgehead atoms. The quantitative estimate of drug-likeness (QED) is 0.517. The van der Waals surface area contributed by atoms with Crippen LogP contribution >= 0.6 is 0 Å². The molecule has 1 fully saturated rings. The highest BCUT2D eigenvalue weighted by atomic mass is 16.2. The largest absolute Gasteiger partial charge is 0.384 e. The van der Waals surface area contributed by atoms with Gasteiger partial charge in [0.2, 0.25) is 11.8 Å². The lowest BCUT2D eigenvalue weighted by atomic mass is 9.86. The third-order valence-electron chi connectivity index (χ3n) is 6.30. The molecule has 0 radical (unpaired) electrons. The average Bonchev–Trinajstić information content (AvgIpc) is 3.21. The number of benzene rings is 1. The molecular formula is C26H37N5O2. The molecule has 2 aromatic rings. The topological polar surface area (TPSA) is 109 Å². The Balaban J connectivity index is 1.45. The Kier molecular flexibility index (Phi) is 7.74. The fourth-order valence-electron chi connectivity index (χ4n) is 4.15. The van der Waals surface area contributed by atoms with E-state index in [9.17, 15) is 9.59 Å². The zero-order valence-corrected chi connectivity index (χ0v) is 20.4. The first-order chi connectivity index (χ1) is 15.5. The van der Waals surface area contributed by atoms with Crippen molar-refractivity contribution < 1.29 is 9.59 Å². The third kappa shape index (κ3) is 6.78. The van der Waals surface area contributed by atoms with Gasteiger partial charge in [0.25, 0.3) is 0 Å². The maximum absolute atomic E-state index is 12.7. The molecule has 7 nitrogen and oxygen atoms in total. The monoisotopic (exact) mass is 451 g/mol. The van der Waals surface area contributed by atoms with Crippen LogP contribution in [0.25, 0.3) is 0 Å². The fraction of sp³-hybridized carbons (Fsp3) is 0.500. The molecule has 0 spiro atoms. The van der Waals surface area contributed by atoms with E-state index in [1.54, 1.807) is 13.0 Å². The van der Waals surface area contributed by atoms with Crippen LogP contribution in [0, 0.1) is 12.8 Å². The average molecular weight is 452 g/mol. The summed E-state index contributed by atoms with van der Waals surface area (Å²) in [6.45, 7) is 11.3. The number of anilines is 1. The van der Waals surface area contributed by atoms with Gasteiger partial charge < -0.3 is 21.7 Å². The van der Waals surface area contributed by atoms with E-state index in [1.165, 1.54) is 11.1 Å². The van der Waals surface area contributed by atoms with E-state index in [-0.39, 0.29) is 23.3 Å². The molecule has 3 rings (SSSR count). The second-order valence-corrected chi connectivity index (χ2v) is 10.1. The Bertz CT molecular complexity index is 981.